The van der Waals surface area contributed by atoms with E-state index < -0.39 is 0 Å². The third-order valence-electron chi connectivity index (χ3n) is 4.65. The minimum absolute atomic E-state index is 0.241. The number of rotatable bonds is 2. The van der Waals surface area contributed by atoms with E-state index in [0.717, 1.165) is 25.9 Å². The van der Waals surface area contributed by atoms with Gasteiger partial charge >= 0.3 is 0 Å². The van der Waals surface area contributed by atoms with E-state index in [9.17, 15) is 4.79 Å². The van der Waals surface area contributed by atoms with Gasteiger partial charge in [-0.2, -0.15) is 0 Å². The molecule has 0 amide bonds. The number of nitrogens with zero attached hydrogens (tertiary/aromatic N) is 1. The van der Waals surface area contributed by atoms with Gasteiger partial charge in [0.05, 0.1) is 18.2 Å². The number of carbonyl (C=O) groups excluding carboxylic acids is 1. The molecule has 1 spiro atoms. The summed E-state index contributed by atoms with van der Waals surface area (Å²) in [6.45, 7) is 2.72. The average molecular weight is 237 g/mol. The first-order valence-electron chi connectivity index (χ1n) is 7.18. The predicted octanol–water partition coefficient (Wildman–Crippen LogP) is 2.14. The van der Waals surface area contributed by atoms with E-state index >= 15 is 0 Å². The standard InChI is InChI=1S/C14H23NO2/c16-12-4-3-9-15(10-12)11-13-5-8-14(17-13)6-1-2-7-14/h13H,1-11H2. The molecule has 2 heterocycles. The molecule has 0 aromatic rings. The smallest absolute Gasteiger partial charge is 0.146 e. The van der Waals surface area contributed by atoms with Crippen LogP contribution in [-0.4, -0.2) is 42.0 Å². The van der Waals surface area contributed by atoms with Gasteiger partial charge in [-0.05, 0) is 38.6 Å². The van der Waals surface area contributed by atoms with Crippen LogP contribution < -0.4 is 0 Å². The molecule has 1 atom stereocenters. The van der Waals surface area contributed by atoms with Gasteiger partial charge in [0.25, 0.3) is 0 Å². The summed E-state index contributed by atoms with van der Waals surface area (Å²) in [5, 5.41) is 0. The monoisotopic (exact) mass is 237 g/mol. The van der Waals surface area contributed by atoms with Crippen molar-refractivity contribution in [3.05, 3.63) is 0 Å². The van der Waals surface area contributed by atoms with Crippen molar-refractivity contribution < 1.29 is 9.53 Å². The first-order valence-corrected chi connectivity index (χ1v) is 7.18. The molecule has 2 aliphatic heterocycles. The number of Topliss-reactive ketones (excluding diaryl/α,β-unsaturated/α-hetero) is 1. The van der Waals surface area contributed by atoms with E-state index in [2.05, 4.69) is 4.90 Å². The zero-order chi connectivity index (χ0) is 11.7. The van der Waals surface area contributed by atoms with E-state index in [0.29, 0.717) is 18.4 Å². The topological polar surface area (TPSA) is 29.5 Å². The molecule has 17 heavy (non-hydrogen) atoms. The van der Waals surface area contributed by atoms with Crippen molar-refractivity contribution in [2.75, 3.05) is 19.6 Å². The van der Waals surface area contributed by atoms with Crippen LogP contribution in [0.3, 0.4) is 0 Å². The van der Waals surface area contributed by atoms with Crippen LogP contribution in [0.15, 0.2) is 0 Å². The minimum Gasteiger partial charge on any atom is -0.370 e. The summed E-state index contributed by atoms with van der Waals surface area (Å²) >= 11 is 0. The highest BCUT2D eigenvalue weighted by molar-refractivity contribution is 5.81. The fraction of sp³-hybridized carbons (Fsp3) is 0.929. The van der Waals surface area contributed by atoms with Crippen molar-refractivity contribution in [3.63, 3.8) is 0 Å². The van der Waals surface area contributed by atoms with Gasteiger partial charge in [0.2, 0.25) is 0 Å². The maximum atomic E-state index is 11.4. The van der Waals surface area contributed by atoms with Crippen LogP contribution in [0.1, 0.15) is 51.4 Å². The molecule has 1 saturated carbocycles. The molecular formula is C14H23NO2. The van der Waals surface area contributed by atoms with Gasteiger partial charge in [0.1, 0.15) is 5.78 Å². The SMILES string of the molecule is O=C1CCCN(CC2CCC3(CCCC3)O2)C1. The van der Waals surface area contributed by atoms with Crippen molar-refractivity contribution in [2.45, 2.75) is 63.1 Å². The number of hydrogen-bond donors (Lipinski definition) is 0. The minimum atomic E-state index is 0.241. The van der Waals surface area contributed by atoms with Gasteiger partial charge in [0.15, 0.2) is 0 Å². The largest absolute Gasteiger partial charge is 0.370 e. The van der Waals surface area contributed by atoms with Gasteiger partial charge < -0.3 is 4.74 Å². The van der Waals surface area contributed by atoms with Crippen LogP contribution in [0.25, 0.3) is 0 Å². The van der Waals surface area contributed by atoms with E-state index in [-0.39, 0.29) is 5.60 Å². The van der Waals surface area contributed by atoms with Crippen molar-refractivity contribution in [2.24, 2.45) is 0 Å². The van der Waals surface area contributed by atoms with Gasteiger partial charge in [-0.3, -0.25) is 9.69 Å². The molecule has 3 nitrogen and oxygen atoms in total. The Morgan fingerprint density at radius 3 is 2.82 bits per heavy atom. The highest BCUT2D eigenvalue weighted by atomic mass is 16.5. The van der Waals surface area contributed by atoms with Crippen LogP contribution in [0.2, 0.25) is 0 Å². The van der Waals surface area contributed by atoms with Crippen LogP contribution in [0.4, 0.5) is 0 Å². The van der Waals surface area contributed by atoms with E-state index in [1.165, 1.54) is 38.5 Å². The second kappa shape index (κ2) is 4.69. The molecule has 0 radical (unpaired) electrons. The molecular weight excluding hydrogens is 214 g/mol. The lowest BCUT2D eigenvalue weighted by Crippen LogP contribution is -2.41. The molecule has 0 bridgehead atoms. The summed E-state index contributed by atoms with van der Waals surface area (Å²) in [6.07, 6.45) is 9.88. The van der Waals surface area contributed by atoms with Crippen LogP contribution in [-0.2, 0) is 9.53 Å². The zero-order valence-electron chi connectivity index (χ0n) is 10.6. The van der Waals surface area contributed by atoms with Crippen molar-refractivity contribution in [3.8, 4) is 0 Å². The Morgan fingerprint density at radius 1 is 1.24 bits per heavy atom. The van der Waals surface area contributed by atoms with Crippen molar-refractivity contribution in [1.29, 1.82) is 0 Å². The highest BCUT2D eigenvalue weighted by Gasteiger charge is 2.42. The number of ether oxygens (including phenoxy) is 1. The second-order valence-corrected chi connectivity index (χ2v) is 6.05. The summed E-state index contributed by atoms with van der Waals surface area (Å²) in [7, 11) is 0. The molecule has 3 rings (SSSR count). The molecule has 3 aliphatic rings. The van der Waals surface area contributed by atoms with Gasteiger partial charge in [-0.1, -0.05) is 12.8 Å². The lowest BCUT2D eigenvalue weighted by atomic mass is 9.98. The quantitative estimate of drug-likeness (QED) is 0.737. The third-order valence-corrected chi connectivity index (χ3v) is 4.65. The molecule has 0 aromatic carbocycles. The maximum Gasteiger partial charge on any atom is 0.146 e. The Morgan fingerprint density at radius 2 is 2.06 bits per heavy atom. The van der Waals surface area contributed by atoms with Gasteiger partial charge in [0, 0.05) is 13.0 Å². The van der Waals surface area contributed by atoms with E-state index in [4.69, 9.17) is 4.74 Å². The molecule has 3 heteroatoms. The lowest BCUT2D eigenvalue weighted by molar-refractivity contribution is -0.123. The molecule has 2 saturated heterocycles. The predicted molar refractivity (Wildman–Crippen MR) is 66.0 cm³/mol. The highest BCUT2D eigenvalue weighted by Crippen LogP contribution is 2.43. The molecule has 1 aliphatic carbocycles. The number of ketones is 1. The summed E-state index contributed by atoms with van der Waals surface area (Å²) in [5.74, 6) is 0.407. The van der Waals surface area contributed by atoms with Gasteiger partial charge in [-0.25, -0.2) is 0 Å². The molecule has 0 aromatic heterocycles. The Bertz CT molecular complexity index is 297. The van der Waals surface area contributed by atoms with Crippen LogP contribution in [0, 0.1) is 0 Å². The number of hydrogen-bond acceptors (Lipinski definition) is 3. The van der Waals surface area contributed by atoms with E-state index in [1.54, 1.807) is 0 Å². The van der Waals surface area contributed by atoms with Crippen LogP contribution >= 0.6 is 0 Å². The van der Waals surface area contributed by atoms with Crippen LogP contribution in [0.5, 0.6) is 0 Å². The number of carbonyl (C=O) groups is 1. The Balaban J connectivity index is 1.51. The summed E-state index contributed by atoms with van der Waals surface area (Å²) in [4.78, 5) is 13.7. The summed E-state index contributed by atoms with van der Waals surface area (Å²) < 4.78 is 6.29. The fourth-order valence-electron chi connectivity index (χ4n) is 3.76. The first-order chi connectivity index (χ1) is 8.26. The molecule has 0 N–H and O–H groups in total. The Labute approximate surface area is 104 Å². The van der Waals surface area contributed by atoms with Crippen molar-refractivity contribution in [1.82, 2.24) is 4.90 Å². The average Bonchev–Trinajstić information content (AvgIpc) is 2.90. The molecule has 3 fully saturated rings. The Hall–Kier alpha value is -0.410. The summed E-state index contributed by atoms with van der Waals surface area (Å²) in [5.41, 5.74) is 0.241. The molecule has 1 unspecified atom stereocenters. The second-order valence-electron chi connectivity index (χ2n) is 6.05. The number of piperidine rings is 1. The fourth-order valence-corrected chi connectivity index (χ4v) is 3.76. The Kier molecular flexibility index (Phi) is 3.22. The lowest BCUT2D eigenvalue weighted by Gasteiger charge is -2.29. The van der Waals surface area contributed by atoms with Crippen molar-refractivity contribution >= 4 is 5.78 Å². The van der Waals surface area contributed by atoms with E-state index in [1.807, 2.05) is 0 Å². The number of likely N-dealkylation sites (tertiary alicyclic amines) is 1. The van der Waals surface area contributed by atoms with Gasteiger partial charge in [-0.15, -0.1) is 0 Å². The zero-order valence-corrected chi connectivity index (χ0v) is 10.6. The third kappa shape index (κ3) is 2.55. The first kappa shape index (κ1) is 11.7. The normalized spacial score (nSPS) is 33.6. The maximum absolute atomic E-state index is 11.4. The molecule has 96 valence electrons. The summed E-state index contributed by atoms with van der Waals surface area (Å²) in [6, 6.07) is 0.